The van der Waals surface area contributed by atoms with Crippen molar-refractivity contribution in [1.82, 2.24) is 5.32 Å². The topological polar surface area (TPSA) is 38.3 Å². The van der Waals surface area contributed by atoms with Gasteiger partial charge in [0, 0.05) is 17.8 Å². The second-order valence-corrected chi connectivity index (χ2v) is 4.55. The largest absolute Gasteiger partial charge is 0.466 e. The highest BCUT2D eigenvalue weighted by Gasteiger charge is 2.00. The van der Waals surface area contributed by atoms with E-state index in [9.17, 15) is 4.79 Å². The van der Waals surface area contributed by atoms with Crippen LogP contribution >= 0.6 is 23.7 Å². The minimum Gasteiger partial charge on any atom is -0.466 e. The molecule has 0 aliphatic rings. The Labute approximate surface area is 113 Å². The van der Waals surface area contributed by atoms with Crippen LogP contribution in [0.1, 0.15) is 31.1 Å². The molecule has 0 aliphatic heterocycles. The fourth-order valence-corrected chi connectivity index (χ4v) is 2.05. The summed E-state index contributed by atoms with van der Waals surface area (Å²) in [5, 5.41) is 5.43. The first kappa shape index (κ1) is 16.4. The Morgan fingerprint density at radius 3 is 2.94 bits per heavy atom. The van der Waals surface area contributed by atoms with Crippen LogP contribution in [0.3, 0.4) is 0 Å². The van der Waals surface area contributed by atoms with Gasteiger partial charge in [0.1, 0.15) is 0 Å². The number of unbranched alkanes of at least 4 members (excludes halogenated alkanes) is 1. The van der Waals surface area contributed by atoms with Gasteiger partial charge in [-0.1, -0.05) is 6.07 Å². The van der Waals surface area contributed by atoms with Crippen LogP contribution in [0.15, 0.2) is 17.5 Å². The van der Waals surface area contributed by atoms with Crippen LogP contribution < -0.4 is 5.32 Å². The number of hydrogen-bond donors (Lipinski definition) is 1. The number of thiophene rings is 1. The van der Waals surface area contributed by atoms with Crippen molar-refractivity contribution in [2.24, 2.45) is 0 Å². The first-order valence-corrected chi connectivity index (χ1v) is 6.59. The third kappa shape index (κ3) is 8.18. The highest BCUT2D eigenvalue weighted by molar-refractivity contribution is 7.09. The van der Waals surface area contributed by atoms with Crippen molar-refractivity contribution in [1.29, 1.82) is 0 Å². The van der Waals surface area contributed by atoms with Gasteiger partial charge in [0.05, 0.1) is 6.61 Å². The van der Waals surface area contributed by atoms with Crippen molar-refractivity contribution in [2.45, 2.75) is 32.7 Å². The SMILES string of the molecule is CCOC(=O)CCCCNCc1cccs1.Cl. The van der Waals surface area contributed by atoms with Crippen molar-refractivity contribution in [3.63, 3.8) is 0 Å². The summed E-state index contributed by atoms with van der Waals surface area (Å²) in [6, 6.07) is 4.18. The minimum absolute atomic E-state index is 0. The fourth-order valence-electron chi connectivity index (χ4n) is 1.38. The molecule has 0 unspecified atom stereocenters. The molecule has 1 N–H and O–H groups in total. The van der Waals surface area contributed by atoms with Crippen molar-refractivity contribution < 1.29 is 9.53 Å². The zero-order valence-corrected chi connectivity index (χ0v) is 11.7. The minimum atomic E-state index is -0.0826. The Bertz CT molecular complexity index is 291. The van der Waals surface area contributed by atoms with E-state index in [2.05, 4.69) is 22.8 Å². The van der Waals surface area contributed by atoms with Gasteiger partial charge >= 0.3 is 5.97 Å². The number of nitrogens with one attached hydrogen (secondary N) is 1. The van der Waals surface area contributed by atoms with E-state index in [0.29, 0.717) is 13.0 Å². The molecular formula is C12H20ClNO2S. The third-order valence-electron chi connectivity index (χ3n) is 2.17. The quantitative estimate of drug-likeness (QED) is 0.586. The second kappa shape index (κ2) is 10.6. The lowest BCUT2D eigenvalue weighted by atomic mass is 10.2. The highest BCUT2D eigenvalue weighted by Crippen LogP contribution is 2.07. The Hall–Kier alpha value is -0.580. The Balaban J connectivity index is 0.00000256. The molecule has 0 aromatic carbocycles. The zero-order chi connectivity index (χ0) is 11.6. The van der Waals surface area contributed by atoms with E-state index < -0.39 is 0 Å². The standard InChI is InChI=1S/C12H19NO2S.ClH/c1-2-15-12(14)7-3-4-8-13-10-11-6-5-9-16-11;/h5-6,9,13H,2-4,7-8,10H2,1H3;1H. The second-order valence-electron chi connectivity index (χ2n) is 3.52. The third-order valence-corrected chi connectivity index (χ3v) is 3.05. The zero-order valence-electron chi connectivity index (χ0n) is 10.1. The summed E-state index contributed by atoms with van der Waals surface area (Å²) < 4.78 is 4.85. The number of carbonyl (C=O) groups is 1. The van der Waals surface area contributed by atoms with Crippen molar-refractivity contribution in [3.05, 3.63) is 22.4 Å². The summed E-state index contributed by atoms with van der Waals surface area (Å²) in [4.78, 5) is 12.4. The normalized spacial score (nSPS) is 9.71. The average Bonchev–Trinajstić information content (AvgIpc) is 2.76. The van der Waals surface area contributed by atoms with Crippen LogP contribution in [0.5, 0.6) is 0 Å². The van der Waals surface area contributed by atoms with E-state index in [-0.39, 0.29) is 18.4 Å². The Morgan fingerprint density at radius 2 is 2.29 bits per heavy atom. The molecule has 0 amide bonds. The molecule has 0 saturated heterocycles. The molecule has 5 heteroatoms. The molecule has 0 fully saturated rings. The summed E-state index contributed by atoms with van der Waals surface area (Å²) in [5.41, 5.74) is 0. The number of halogens is 1. The molecule has 0 spiro atoms. The van der Waals surface area contributed by atoms with Gasteiger partial charge < -0.3 is 10.1 Å². The van der Waals surface area contributed by atoms with E-state index in [0.717, 1.165) is 25.9 Å². The van der Waals surface area contributed by atoms with Crippen LogP contribution in [0.2, 0.25) is 0 Å². The van der Waals surface area contributed by atoms with Gasteiger partial charge in [0.25, 0.3) is 0 Å². The van der Waals surface area contributed by atoms with Crippen LogP contribution in [0.4, 0.5) is 0 Å². The number of esters is 1. The molecule has 1 aromatic heterocycles. The van der Waals surface area contributed by atoms with Crippen molar-refractivity contribution >= 4 is 29.7 Å². The molecule has 1 aromatic rings. The van der Waals surface area contributed by atoms with E-state index in [1.165, 1.54) is 4.88 Å². The molecule has 98 valence electrons. The smallest absolute Gasteiger partial charge is 0.305 e. The molecule has 17 heavy (non-hydrogen) atoms. The lowest BCUT2D eigenvalue weighted by Crippen LogP contribution is -2.14. The molecule has 0 radical (unpaired) electrons. The predicted molar refractivity (Wildman–Crippen MR) is 73.8 cm³/mol. The summed E-state index contributed by atoms with van der Waals surface area (Å²) in [6.45, 7) is 4.20. The van der Waals surface area contributed by atoms with E-state index in [4.69, 9.17) is 4.74 Å². The summed E-state index contributed by atoms with van der Waals surface area (Å²) in [7, 11) is 0. The molecule has 1 heterocycles. The Morgan fingerprint density at radius 1 is 1.47 bits per heavy atom. The van der Waals surface area contributed by atoms with Crippen LogP contribution in [0, 0.1) is 0 Å². The molecule has 0 saturated carbocycles. The summed E-state index contributed by atoms with van der Waals surface area (Å²) >= 11 is 1.76. The number of hydrogen-bond acceptors (Lipinski definition) is 4. The summed E-state index contributed by atoms with van der Waals surface area (Å²) in [6.07, 6.45) is 2.45. The molecule has 0 aliphatic carbocycles. The fraction of sp³-hybridized carbons (Fsp3) is 0.583. The van der Waals surface area contributed by atoms with Crippen LogP contribution in [-0.2, 0) is 16.1 Å². The van der Waals surface area contributed by atoms with Crippen molar-refractivity contribution in [2.75, 3.05) is 13.2 Å². The molecule has 1 rings (SSSR count). The van der Waals surface area contributed by atoms with E-state index in [1.807, 2.05) is 6.92 Å². The highest BCUT2D eigenvalue weighted by atomic mass is 35.5. The van der Waals surface area contributed by atoms with Crippen molar-refractivity contribution in [3.8, 4) is 0 Å². The number of carbonyl (C=O) groups excluding carboxylic acids is 1. The molecule has 0 bridgehead atoms. The lowest BCUT2D eigenvalue weighted by Gasteiger charge is -2.03. The van der Waals surface area contributed by atoms with Gasteiger partial charge in [0.15, 0.2) is 0 Å². The maximum atomic E-state index is 11.0. The molecular weight excluding hydrogens is 258 g/mol. The molecule has 0 atom stereocenters. The van der Waals surface area contributed by atoms with Gasteiger partial charge in [0.2, 0.25) is 0 Å². The average molecular weight is 278 g/mol. The van der Waals surface area contributed by atoms with Gasteiger partial charge in [-0.2, -0.15) is 0 Å². The number of ether oxygens (including phenoxy) is 1. The van der Waals surface area contributed by atoms with Gasteiger partial charge in [-0.25, -0.2) is 0 Å². The van der Waals surface area contributed by atoms with Gasteiger partial charge in [-0.15, -0.1) is 23.7 Å². The maximum Gasteiger partial charge on any atom is 0.305 e. The lowest BCUT2D eigenvalue weighted by molar-refractivity contribution is -0.143. The molecule has 3 nitrogen and oxygen atoms in total. The van der Waals surface area contributed by atoms with Gasteiger partial charge in [-0.3, -0.25) is 4.79 Å². The van der Waals surface area contributed by atoms with E-state index >= 15 is 0 Å². The Kier molecular flexibility index (Phi) is 10.2. The van der Waals surface area contributed by atoms with Crippen LogP contribution in [-0.4, -0.2) is 19.1 Å². The monoisotopic (exact) mass is 277 g/mol. The number of rotatable bonds is 8. The van der Waals surface area contributed by atoms with E-state index in [1.54, 1.807) is 11.3 Å². The maximum absolute atomic E-state index is 11.0. The van der Waals surface area contributed by atoms with Crippen LogP contribution in [0.25, 0.3) is 0 Å². The summed E-state index contributed by atoms with van der Waals surface area (Å²) in [5.74, 6) is -0.0826. The predicted octanol–water partition coefficient (Wildman–Crippen LogP) is 2.99. The first-order valence-electron chi connectivity index (χ1n) is 5.71. The van der Waals surface area contributed by atoms with Gasteiger partial charge in [-0.05, 0) is 37.8 Å². The first-order chi connectivity index (χ1) is 7.83.